The minimum atomic E-state index is -0.177. The summed E-state index contributed by atoms with van der Waals surface area (Å²) in [6.45, 7) is 1.91. The number of aromatic nitrogens is 3. The highest BCUT2D eigenvalue weighted by atomic mass is 16.1. The van der Waals surface area contributed by atoms with Crippen molar-refractivity contribution in [2.24, 2.45) is 0 Å². The average Bonchev–Trinajstić information content (AvgIpc) is 3.08. The third kappa shape index (κ3) is 2.87. The number of carbonyl (C=O) groups excluding carboxylic acids is 1. The van der Waals surface area contributed by atoms with E-state index in [1.807, 2.05) is 60.0 Å². The summed E-state index contributed by atoms with van der Waals surface area (Å²) < 4.78 is 2.00. The van der Waals surface area contributed by atoms with Gasteiger partial charge in [0, 0.05) is 17.4 Å². The van der Waals surface area contributed by atoms with Crippen LogP contribution in [-0.2, 0) is 0 Å². The fourth-order valence-corrected chi connectivity index (χ4v) is 2.73. The molecular formula is C20H16N4O. The van der Waals surface area contributed by atoms with Crippen molar-refractivity contribution in [2.45, 2.75) is 6.92 Å². The lowest BCUT2D eigenvalue weighted by molar-refractivity contribution is 0.102. The van der Waals surface area contributed by atoms with Crippen molar-refractivity contribution in [2.75, 3.05) is 5.32 Å². The number of imidazole rings is 1. The SMILES string of the molecule is Cc1cccnc1NC(=O)c1ccc(-n2cnc3ccccc32)cc1. The first kappa shape index (κ1) is 15.1. The predicted octanol–water partition coefficient (Wildman–Crippen LogP) is 3.98. The van der Waals surface area contributed by atoms with Gasteiger partial charge in [-0.15, -0.1) is 0 Å². The molecule has 2 aromatic carbocycles. The summed E-state index contributed by atoms with van der Waals surface area (Å²) >= 11 is 0. The van der Waals surface area contributed by atoms with E-state index in [-0.39, 0.29) is 5.91 Å². The Morgan fingerprint density at radius 2 is 1.76 bits per heavy atom. The van der Waals surface area contributed by atoms with Gasteiger partial charge in [-0.2, -0.15) is 0 Å². The fourth-order valence-electron chi connectivity index (χ4n) is 2.73. The number of amides is 1. The number of aryl methyl sites for hydroxylation is 1. The van der Waals surface area contributed by atoms with Crippen molar-refractivity contribution in [1.82, 2.24) is 14.5 Å². The first-order valence-electron chi connectivity index (χ1n) is 7.98. The van der Waals surface area contributed by atoms with Crippen LogP contribution in [0, 0.1) is 6.92 Å². The number of hydrogen-bond donors (Lipinski definition) is 1. The van der Waals surface area contributed by atoms with Gasteiger partial charge in [-0.05, 0) is 55.0 Å². The second-order valence-corrected chi connectivity index (χ2v) is 5.77. The molecule has 0 fully saturated rings. The number of hydrogen-bond acceptors (Lipinski definition) is 3. The summed E-state index contributed by atoms with van der Waals surface area (Å²) in [5.41, 5.74) is 4.44. The Labute approximate surface area is 145 Å². The molecule has 1 amide bonds. The van der Waals surface area contributed by atoms with Gasteiger partial charge in [-0.25, -0.2) is 9.97 Å². The van der Waals surface area contributed by atoms with Crippen LogP contribution in [0.1, 0.15) is 15.9 Å². The van der Waals surface area contributed by atoms with E-state index in [1.54, 1.807) is 24.7 Å². The van der Waals surface area contributed by atoms with Crippen molar-refractivity contribution in [3.63, 3.8) is 0 Å². The third-order valence-electron chi connectivity index (χ3n) is 4.10. The maximum absolute atomic E-state index is 12.4. The minimum absolute atomic E-state index is 0.177. The maximum Gasteiger partial charge on any atom is 0.256 e. The molecule has 5 heteroatoms. The normalized spacial score (nSPS) is 10.8. The smallest absolute Gasteiger partial charge is 0.256 e. The summed E-state index contributed by atoms with van der Waals surface area (Å²) in [7, 11) is 0. The number of nitrogens with one attached hydrogen (secondary N) is 1. The van der Waals surface area contributed by atoms with Gasteiger partial charge in [-0.3, -0.25) is 9.36 Å². The zero-order chi connectivity index (χ0) is 17.2. The van der Waals surface area contributed by atoms with Gasteiger partial charge in [0.1, 0.15) is 12.1 Å². The second kappa shape index (κ2) is 6.20. The van der Waals surface area contributed by atoms with Crippen molar-refractivity contribution in [3.05, 3.63) is 84.3 Å². The number of benzene rings is 2. The number of carbonyl (C=O) groups is 1. The van der Waals surface area contributed by atoms with Crippen molar-refractivity contribution >= 4 is 22.8 Å². The van der Waals surface area contributed by atoms with E-state index in [2.05, 4.69) is 15.3 Å². The minimum Gasteiger partial charge on any atom is -0.306 e. The molecule has 4 aromatic rings. The molecule has 0 saturated heterocycles. The van der Waals surface area contributed by atoms with Crippen LogP contribution in [0.3, 0.4) is 0 Å². The molecule has 4 rings (SSSR count). The molecule has 0 saturated carbocycles. The molecule has 0 aliphatic rings. The standard InChI is InChI=1S/C20H16N4O/c1-14-5-4-12-21-19(14)23-20(25)15-8-10-16(11-9-15)24-13-22-17-6-2-3-7-18(17)24/h2-13H,1H3,(H,21,23,25). The van der Waals surface area contributed by atoms with Crippen LogP contribution in [0.15, 0.2) is 73.2 Å². The summed E-state index contributed by atoms with van der Waals surface area (Å²) in [5.74, 6) is 0.404. The van der Waals surface area contributed by atoms with E-state index in [0.29, 0.717) is 11.4 Å². The molecule has 0 unspecified atom stereocenters. The molecule has 25 heavy (non-hydrogen) atoms. The van der Waals surface area contributed by atoms with Crippen LogP contribution in [0.25, 0.3) is 16.7 Å². The van der Waals surface area contributed by atoms with Crippen LogP contribution in [0.4, 0.5) is 5.82 Å². The summed E-state index contributed by atoms with van der Waals surface area (Å²) in [4.78, 5) is 21.0. The summed E-state index contributed by atoms with van der Waals surface area (Å²) in [6, 6.07) is 19.1. The van der Waals surface area contributed by atoms with E-state index in [0.717, 1.165) is 22.3 Å². The van der Waals surface area contributed by atoms with E-state index in [9.17, 15) is 4.79 Å². The molecule has 0 bridgehead atoms. The number of nitrogens with zero attached hydrogens (tertiary/aromatic N) is 3. The molecule has 0 spiro atoms. The highest BCUT2D eigenvalue weighted by Gasteiger charge is 2.09. The lowest BCUT2D eigenvalue weighted by atomic mass is 10.2. The number of para-hydroxylation sites is 2. The van der Waals surface area contributed by atoms with Crippen LogP contribution in [0.2, 0.25) is 0 Å². The number of fused-ring (bicyclic) bond motifs is 1. The number of rotatable bonds is 3. The first-order chi connectivity index (χ1) is 12.2. The lowest BCUT2D eigenvalue weighted by Gasteiger charge is -2.08. The highest BCUT2D eigenvalue weighted by Crippen LogP contribution is 2.19. The molecule has 0 aliphatic heterocycles. The Morgan fingerprint density at radius 3 is 2.56 bits per heavy atom. The molecule has 2 heterocycles. The Morgan fingerprint density at radius 1 is 0.960 bits per heavy atom. The van der Waals surface area contributed by atoms with Crippen LogP contribution in [0.5, 0.6) is 0 Å². The zero-order valence-electron chi connectivity index (χ0n) is 13.7. The first-order valence-corrected chi connectivity index (χ1v) is 7.98. The van der Waals surface area contributed by atoms with Gasteiger partial charge in [-0.1, -0.05) is 18.2 Å². The van der Waals surface area contributed by atoms with Crippen LogP contribution >= 0.6 is 0 Å². The van der Waals surface area contributed by atoms with Crippen molar-refractivity contribution < 1.29 is 4.79 Å². The van der Waals surface area contributed by atoms with Crippen molar-refractivity contribution in [1.29, 1.82) is 0 Å². The lowest BCUT2D eigenvalue weighted by Crippen LogP contribution is -2.13. The molecule has 2 aromatic heterocycles. The van der Waals surface area contributed by atoms with E-state index in [1.165, 1.54) is 0 Å². The third-order valence-corrected chi connectivity index (χ3v) is 4.10. The van der Waals surface area contributed by atoms with Gasteiger partial charge < -0.3 is 5.32 Å². The second-order valence-electron chi connectivity index (χ2n) is 5.77. The quantitative estimate of drug-likeness (QED) is 0.619. The summed E-state index contributed by atoms with van der Waals surface area (Å²) in [5, 5.41) is 2.84. The van der Waals surface area contributed by atoms with Crippen molar-refractivity contribution in [3.8, 4) is 5.69 Å². The van der Waals surface area contributed by atoms with Crippen LogP contribution < -0.4 is 5.32 Å². The summed E-state index contributed by atoms with van der Waals surface area (Å²) in [6.07, 6.45) is 3.45. The number of anilines is 1. The van der Waals surface area contributed by atoms with E-state index >= 15 is 0 Å². The fraction of sp³-hybridized carbons (Fsp3) is 0.0500. The van der Waals surface area contributed by atoms with Gasteiger partial charge in [0.05, 0.1) is 11.0 Å². The Hall–Kier alpha value is -3.47. The largest absolute Gasteiger partial charge is 0.306 e. The molecular weight excluding hydrogens is 312 g/mol. The maximum atomic E-state index is 12.4. The number of pyridine rings is 1. The van der Waals surface area contributed by atoms with Crippen LogP contribution in [-0.4, -0.2) is 20.4 Å². The molecule has 0 aliphatic carbocycles. The molecule has 122 valence electrons. The van der Waals surface area contributed by atoms with Gasteiger partial charge in [0.15, 0.2) is 0 Å². The average molecular weight is 328 g/mol. The zero-order valence-corrected chi connectivity index (χ0v) is 13.7. The van der Waals surface area contributed by atoms with Gasteiger partial charge in [0.2, 0.25) is 0 Å². The topological polar surface area (TPSA) is 59.8 Å². The van der Waals surface area contributed by atoms with Gasteiger partial charge >= 0.3 is 0 Å². The Kier molecular flexibility index (Phi) is 3.74. The van der Waals surface area contributed by atoms with E-state index < -0.39 is 0 Å². The molecule has 0 atom stereocenters. The highest BCUT2D eigenvalue weighted by molar-refractivity contribution is 6.04. The Bertz CT molecular complexity index is 1050. The monoisotopic (exact) mass is 328 g/mol. The molecule has 1 N–H and O–H groups in total. The predicted molar refractivity (Wildman–Crippen MR) is 98.0 cm³/mol. The molecule has 0 radical (unpaired) electrons. The van der Waals surface area contributed by atoms with Gasteiger partial charge in [0.25, 0.3) is 5.91 Å². The van der Waals surface area contributed by atoms with E-state index in [4.69, 9.17) is 0 Å². The Balaban J connectivity index is 1.60. The molecule has 5 nitrogen and oxygen atoms in total.